The van der Waals surface area contributed by atoms with Crippen LogP contribution in [-0.2, 0) is 16.6 Å². The maximum absolute atomic E-state index is 12.9. The molecule has 2 heterocycles. The molecule has 0 amide bonds. The van der Waals surface area contributed by atoms with Gasteiger partial charge in [0.2, 0.25) is 5.88 Å². The van der Waals surface area contributed by atoms with Crippen molar-refractivity contribution in [1.82, 2.24) is 20.4 Å². The Morgan fingerprint density at radius 2 is 1.90 bits per heavy atom. The highest BCUT2D eigenvalue weighted by Crippen LogP contribution is 2.27. The Kier molecular flexibility index (Phi) is 6.85. The van der Waals surface area contributed by atoms with Gasteiger partial charge in [0.1, 0.15) is 16.8 Å². The Hall–Kier alpha value is -2.76. The minimum atomic E-state index is -0.197. The van der Waals surface area contributed by atoms with Crippen LogP contribution in [-0.4, -0.2) is 32.8 Å². The average Bonchev–Trinajstić information content (AvgIpc) is 3.19. The van der Waals surface area contributed by atoms with Gasteiger partial charge in [-0.1, -0.05) is 53.2 Å². The van der Waals surface area contributed by atoms with Crippen molar-refractivity contribution in [1.29, 1.82) is 0 Å². The molecule has 1 N–H and O–H groups in total. The largest absolute Gasteiger partial charge is 0.477 e. The van der Waals surface area contributed by atoms with Crippen LogP contribution >= 0.6 is 0 Å². The summed E-state index contributed by atoms with van der Waals surface area (Å²) >= 11 is 0. The number of Topliss-reactive ketones (excluding diaryl/α,β-unsaturated/α-hetero) is 1. The van der Waals surface area contributed by atoms with E-state index in [1.807, 2.05) is 25.1 Å². The van der Waals surface area contributed by atoms with Crippen LogP contribution in [0, 0.1) is 0 Å². The third kappa shape index (κ3) is 5.23. The molecule has 0 aliphatic carbocycles. The van der Waals surface area contributed by atoms with Crippen LogP contribution in [0.15, 0.2) is 30.3 Å². The summed E-state index contributed by atoms with van der Waals surface area (Å²) in [7, 11) is 0. The second-order valence-electron chi connectivity index (χ2n) is 8.87. The fourth-order valence-corrected chi connectivity index (χ4v) is 3.30. The number of carbonyl (C=O) groups is 1. The summed E-state index contributed by atoms with van der Waals surface area (Å²) in [6.07, 6.45) is 3.12. The number of carbonyl (C=O) groups excluding carboxylic acids is 1. The van der Waals surface area contributed by atoms with Crippen molar-refractivity contribution in [2.24, 2.45) is 0 Å². The van der Waals surface area contributed by atoms with Gasteiger partial charge in [-0.05, 0) is 36.6 Å². The van der Waals surface area contributed by atoms with E-state index in [9.17, 15) is 4.79 Å². The Morgan fingerprint density at radius 1 is 1.13 bits per heavy atom. The number of hydrogen-bond donors (Lipinski definition) is 1. The molecule has 0 aliphatic heterocycles. The van der Waals surface area contributed by atoms with Gasteiger partial charge in [0.05, 0.1) is 6.61 Å². The number of nitrogens with zero attached hydrogens (tertiary/aromatic N) is 3. The lowest BCUT2D eigenvalue weighted by Crippen LogP contribution is -2.16. The van der Waals surface area contributed by atoms with Crippen LogP contribution in [0.1, 0.15) is 76.6 Å². The predicted molar refractivity (Wildman–Crippen MR) is 119 cm³/mol. The normalized spacial score (nSPS) is 12.8. The van der Waals surface area contributed by atoms with Crippen molar-refractivity contribution >= 4 is 16.8 Å². The maximum Gasteiger partial charge on any atom is 0.216 e. The molecular weight excluding hydrogens is 376 g/mol. The molecule has 0 saturated heterocycles. The zero-order chi connectivity index (χ0) is 21.7. The van der Waals surface area contributed by atoms with Gasteiger partial charge in [-0.25, -0.2) is 4.98 Å². The highest BCUT2D eigenvalue weighted by molar-refractivity contribution is 5.87. The van der Waals surface area contributed by atoms with E-state index in [0.717, 1.165) is 40.7 Å². The van der Waals surface area contributed by atoms with Crippen LogP contribution in [0.25, 0.3) is 11.0 Å². The lowest BCUT2D eigenvalue weighted by atomic mass is 9.90. The van der Waals surface area contributed by atoms with Crippen LogP contribution in [0.5, 0.6) is 5.88 Å². The number of hydrogen-bond acceptors (Lipinski definition) is 5. The van der Waals surface area contributed by atoms with E-state index in [0.29, 0.717) is 25.3 Å². The Morgan fingerprint density at radius 3 is 2.63 bits per heavy atom. The average molecular weight is 409 g/mol. The summed E-state index contributed by atoms with van der Waals surface area (Å²) in [6, 6.07) is 9.89. The molecule has 1 unspecified atom stereocenters. The van der Waals surface area contributed by atoms with Gasteiger partial charge in [0, 0.05) is 29.0 Å². The summed E-state index contributed by atoms with van der Waals surface area (Å²) in [4.78, 5) is 17.7. The van der Waals surface area contributed by atoms with Gasteiger partial charge >= 0.3 is 0 Å². The first-order valence-electron chi connectivity index (χ1n) is 10.8. The highest BCUT2D eigenvalue weighted by atomic mass is 16.5. The van der Waals surface area contributed by atoms with Gasteiger partial charge in [-0.3, -0.25) is 4.79 Å². The molecule has 0 bridgehead atoms. The van der Waals surface area contributed by atoms with E-state index in [-0.39, 0.29) is 17.1 Å². The number of pyridine rings is 1. The molecule has 0 spiro atoms. The summed E-state index contributed by atoms with van der Waals surface area (Å²) in [5, 5.41) is 10.8. The fourth-order valence-electron chi connectivity index (χ4n) is 3.30. The maximum atomic E-state index is 12.9. The van der Waals surface area contributed by atoms with Crippen LogP contribution in [0.3, 0.4) is 0 Å². The van der Waals surface area contributed by atoms with E-state index in [1.165, 1.54) is 0 Å². The Balaban J connectivity index is 1.71. The number of ketones is 1. The predicted octanol–water partition coefficient (Wildman–Crippen LogP) is 5.13. The van der Waals surface area contributed by atoms with Crippen LogP contribution in [0.2, 0.25) is 0 Å². The van der Waals surface area contributed by atoms with Crippen molar-refractivity contribution in [3.8, 4) is 5.88 Å². The number of rotatable bonds is 9. The molecule has 2 aromatic heterocycles. The third-order valence-corrected chi connectivity index (χ3v) is 5.41. The van der Waals surface area contributed by atoms with Gasteiger partial charge in [-0.2, -0.15) is 15.4 Å². The molecule has 160 valence electrons. The summed E-state index contributed by atoms with van der Waals surface area (Å²) < 4.78 is 5.99. The van der Waals surface area contributed by atoms with E-state index >= 15 is 0 Å². The number of aromatic nitrogens is 4. The number of aryl methyl sites for hydroxylation is 1. The van der Waals surface area contributed by atoms with Crippen molar-refractivity contribution < 1.29 is 9.53 Å². The molecule has 6 nitrogen and oxygen atoms in total. The van der Waals surface area contributed by atoms with E-state index < -0.39 is 0 Å². The van der Waals surface area contributed by atoms with Gasteiger partial charge in [-0.15, -0.1) is 0 Å². The summed E-state index contributed by atoms with van der Waals surface area (Å²) in [6.45, 7) is 11.2. The fraction of sp³-hybridized carbons (Fsp3) is 0.500. The van der Waals surface area contributed by atoms with Crippen LogP contribution < -0.4 is 4.74 Å². The molecule has 30 heavy (non-hydrogen) atoms. The smallest absolute Gasteiger partial charge is 0.216 e. The quantitative estimate of drug-likeness (QED) is 0.496. The molecule has 3 aromatic rings. The Labute approximate surface area is 178 Å². The van der Waals surface area contributed by atoms with Gasteiger partial charge in [0.25, 0.3) is 0 Å². The van der Waals surface area contributed by atoms with E-state index in [2.05, 4.69) is 55.2 Å². The number of aromatic amines is 1. The van der Waals surface area contributed by atoms with E-state index in [1.54, 1.807) is 0 Å². The molecule has 0 radical (unpaired) electrons. The number of unbranched alkanes of at least 4 members (excludes halogenated alkanes) is 1. The second kappa shape index (κ2) is 9.37. The molecule has 1 atom stereocenters. The van der Waals surface area contributed by atoms with Crippen LogP contribution in [0.4, 0.5) is 0 Å². The number of H-pyrrole nitrogens is 1. The lowest BCUT2D eigenvalue weighted by molar-refractivity contribution is -0.120. The molecule has 1 aromatic carbocycles. The molecular formula is C24H32N4O2. The summed E-state index contributed by atoms with van der Waals surface area (Å²) in [5.41, 5.74) is 4.48. The Bertz CT molecular complexity index is 1000. The minimum absolute atomic E-state index is 0.0501. The number of fused-ring (bicyclic) bond motifs is 1. The van der Waals surface area contributed by atoms with Gasteiger partial charge in [0.15, 0.2) is 0 Å². The molecule has 0 fully saturated rings. The third-order valence-electron chi connectivity index (χ3n) is 5.41. The molecule has 0 saturated carbocycles. The van der Waals surface area contributed by atoms with E-state index in [4.69, 9.17) is 9.72 Å². The standard InChI is InChI=1S/C24H32N4O2/c1-6-7-14-30-23-17(10-13-22(25-23)24(3,4)5)9-12-21(29)16(2)18-8-11-19-20(15-18)27-28-26-19/h8,10-11,13,15-16H,6-7,9,12,14H2,1-5H3,(H,26,27,28). The highest BCUT2D eigenvalue weighted by Gasteiger charge is 2.20. The van der Waals surface area contributed by atoms with Crippen molar-refractivity contribution in [3.05, 3.63) is 47.2 Å². The van der Waals surface area contributed by atoms with Gasteiger partial charge < -0.3 is 4.74 Å². The first-order valence-corrected chi connectivity index (χ1v) is 10.8. The topological polar surface area (TPSA) is 80.8 Å². The second-order valence-corrected chi connectivity index (χ2v) is 8.87. The van der Waals surface area contributed by atoms with Crippen molar-refractivity contribution in [3.63, 3.8) is 0 Å². The number of nitrogens with one attached hydrogen (secondary N) is 1. The van der Waals surface area contributed by atoms with Crippen molar-refractivity contribution in [2.75, 3.05) is 6.61 Å². The number of ether oxygens (including phenoxy) is 1. The lowest BCUT2D eigenvalue weighted by Gasteiger charge is -2.20. The first kappa shape index (κ1) is 21.9. The zero-order valence-corrected chi connectivity index (χ0v) is 18.7. The first-order chi connectivity index (χ1) is 14.3. The SMILES string of the molecule is CCCCOc1nc(C(C)(C)C)ccc1CCC(=O)C(C)c1ccc2n[nH]nc2c1. The van der Waals surface area contributed by atoms with Crippen molar-refractivity contribution in [2.45, 2.75) is 71.6 Å². The molecule has 0 aliphatic rings. The molecule has 6 heteroatoms. The number of benzene rings is 1. The monoisotopic (exact) mass is 408 g/mol. The minimum Gasteiger partial charge on any atom is -0.477 e. The summed E-state index contributed by atoms with van der Waals surface area (Å²) in [5.74, 6) is 0.662. The zero-order valence-electron chi connectivity index (χ0n) is 18.7. The molecule has 3 rings (SSSR count).